The molecule has 0 spiro atoms. The van der Waals surface area contributed by atoms with Gasteiger partial charge in [0.25, 0.3) is 5.91 Å². The summed E-state index contributed by atoms with van der Waals surface area (Å²) in [5, 5.41) is 14.0. The maximum atomic E-state index is 13.0. The Hall–Kier alpha value is -2.55. The molecule has 0 fully saturated rings. The number of nitrogens with two attached hydrogens (primary N) is 1. The molecule has 3 rings (SSSR count). The van der Waals surface area contributed by atoms with E-state index in [2.05, 4.69) is 17.9 Å². The molecule has 8 heteroatoms. The Morgan fingerprint density at radius 3 is 2.70 bits per heavy atom. The number of nitrogens with one attached hydrogen (secondary N) is 1. The molecule has 0 saturated carbocycles. The van der Waals surface area contributed by atoms with Crippen molar-refractivity contribution in [1.29, 1.82) is 0 Å². The van der Waals surface area contributed by atoms with Gasteiger partial charge in [-0.05, 0) is 23.8 Å². The van der Waals surface area contributed by atoms with E-state index in [1.807, 2.05) is 36.4 Å². The van der Waals surface area contributed by atoms with Crippen molar-refractivity contribution >= 4 is 24.5 Å². The van der Waals surface area contributed by atoms with Crippen LogP contribution in [0, 0.1) is 0 Å². The first-order chi connectivity index (χ1) is 14.5. The van der Waals surface area contributed by atoms with E-state index in [4.69, 9.17) is 10.6 Å². The lowest BCUT2D eigenvalue weighted by Crippen LogP contribution is -2.43. The van der Waals surface area contributed by atoms with Crippen molar-refractivity contribution in [2.24, 2.45) is 5.84 Å². The van der Waals surface area contributed by atoms with Crippen LogP contribution >= 0.6 is 12.6 Å². The highest BCUT2D eigenvalue weighted by atomic mass is 32.1. The number of aliphatic carboxylic acids is 1. The fourth-order valence-corrected chi connectivity index (χ4v) is 3.77. The van der Waals surface area contributed by atoms with E-state index < -0.39 is 17.9 Å². The number of para-hydroxylation sites is 1. The van der Waals surface area contributed by atoms with Crippen molar-refractivity contribution in [2.75, 3.05) is 18.9 Å². The van der Waals surface area contributed by atoms with Gasteiger partial charge in [0.15, 0.2) is 0 Å². The number of carbonyl (C=O) groups excluding carboxylic acids is 1. The molecule has 2 aromatic carbocycles. The molecule has 160 valence electrons. The van der Waals surface area contributed by atoms with E-state index >= 15 is 0 Å². The number of hydrazine groups is 1. The van der Waals surface area contributed by atoms with Crippen LogP contribution in [-0.2, 0) is 11.2 Å². The molecule has 1 heterocycles. The second-order valence-corrected chi connectivity index (χ2v) is 7.69. The van der Waals surface area contributed by atoms with Gasteiger partial charge in [-0.2, -0.15) is 12.6 Å². The van der Waals surface area contributed by atoms with Crippen LogP contribution in [-0.4, -0.2) is 46.9 Å². The van der Waals surface area contributed by atoms with Crippen molar-refractivity contribution in [3.8, 4) is 5.75 Å². The highest BCUT2D eigenvalue weighted by molar-refractivity contribution is 7.80. The molecule has 0 unspecified atom stereocenters. The number of carbonyl (C=O) groups is 2. The van der Waals surface area contributed by atoms with Crippen molar-refractivity contribution in [2.45, 2.75) is 31.3 Å². The summed E-state index contributed by atoms with van der Waals surface area (Å²) in [7, 11) is 0. The van der Waals surface area contributed by atoms with Crippen LogP contribution in [0.15, 0.2) is 48.5 Å². The molecular formula is C22H27N3O4S. The number of rotatable bonds is 9. The van der Waals surface area contributed by atoms with E-state index in [1.165, 1.54) is 0 Å². The summed E-state index contributed by atoms with van der Waals surface area (Å²) in [5.41, 5.74) is 1.99. The zero-order valence-electron chi connectivity index (χ0n) is 16.7. The van der Waals surface area contributed by atoms with Crippen LogP contribution in [0.4, 0.5) is 0 Å². The Morgan fingerprint density at radius 2 is 2.00 bits per heavy atom. The molecule has 30 heavy (non-hydrogen) atoms. The van der Waals surface area contributed by atoms with Gasteiger partial charge in [-0.15, -0.1) is 0 Å². The Balaban J connectivity index is 1.80. The number of nitrogens with zero attached hydrogens (tertiary/aromatic N) is 1. The number of fused-ring (bicyclic) bond motifs is 1. The number of ether oxygens (including phenoxy) is 1. The lowest BCUT2D eigenvalue weighted by atomic mass is 9.96. The first-order valence-electron chi connectivity index (χ1n) is 9.96. The normalized spacial score (nSPS) is 16.4. The number of carboxylic acid groups (broad SMARTS) is 1. The molecule has 2 aromatic rings. The van der Waals surface area contributed by atoms with Gasteiger partial charge in [-0.25, -0.2) is 9.80 Å². The second-order valence-electron chi connectivity index (χ2n) is 7.25. The summed E-state index contributed by atoms with van der Waals surface area (Å²) in [6, 6.07) is 13.4. The van der Waals surface area contributed by atoms with E-state index in [0.717, 1.165) is 23.3 Å². The van der Waals surface area contributed by atoms with Gasteiger partial charge in [0, 0.05) is 24.9 Å². The van der Waals surface area contributed by atoms with Crippen LogP contribution in [0.2, 0.25) is 0 Å². The van der Waals surface area contributed by atoms with Gasteiger partial charge in [0.05, 0.1) is 18.2 Å². The molecule has 4 N–H and O–H groups in total. The standard InChI is InChI=1S/C22H27N3O4S/c23-25(11-5-13-30)19-10-12-29-20-16(19)8-4-9-17(20)21(26)24-18(22(27)28)14-15-6-2-1-3-7-15/h1-4,6-9,18-19,30H,5,10-14,23H2,(H,24,26)(H,27,28)/t18-,19-/m0/s1. The van der Waals surface area contributed by atoms with Crippen LogP contribution in [0.25, 0.3) is 0 Å². The quantitative estimate of drug-likeness (QED) is 0.277. The fraction of sp³-hybridized carbons (Fsp3) is 0.364. The number of thiol groups is 1. The van der Waals surface area contributed by atoms with Gasteiger partial charge in [0.2, 0.25) is 0 Å². The van der Waals surface area contributed by atoms with Crippen LogP contribution < -0.4 is 15.9 Å². The lowest BCUT2D eigenvalue weighted by Gasteiger charge is -2.33. The minimum Gasteiger partial charge on any atom is -0.492 e. The molecule has 0 radical (unpaired) electrons. The molecule has 1 aliphatic rings. The molecule has 1 aliphatic heterocycles. The summed E-state index contributed by atoms with van der Waals surface area (Å²) >= 11 is 4.23. The summed E-state index contributed by atoms with van der Waals surface area (Å²) in [6.45, 7) is 1.12. The third-order valence-corrected chi connectivity index (χ3v) is 5.46. The van der Waals surface area contributed by atoms with Gasteiger partial charge in [0.1, 0.15) is 11.8 Å². The molecule has 2 atom stereocenters. The summed E-state index contributed by atoms with van der Waals surface area (Å²) in [5.74, 6) is 5.89. The average Bonchev–Trinajstić information content (AvgIpc) is 2.76. The molecule has 0 saturated heterocycles. The maximum absolute atomic E-state index is 13.0. The van der Waals surface area contributed by atoms with Crippen molar-refractivity contribution in [3.63, 3.8) is 0 Å². The number of benzene rings is 2. The number of amides is 1. The predicted molar refractivity (Wildman–Crippen MR) is 118 cm³/mol. The van der Waals surface area contributed by atoms with Crippen LogP contribution in [0.3, 0.4) is 0 Å². The van der Waals surface area contributed by atoms with Crippen LogP contribution in [0.1, 0.15) is 40.4 Å². The fourth-order valence-electron chi connectivity index (χ4n) is 3.62. The van der Waals surface area contributed by atoms with E-state index in [1.54, 1.807) is 17.1 Å². The molecule has 0 aromatic heterocycles. The van der Waals surface area contributed by atoms with Gasteiger partial charge in [-0.1, -0.05) is 42.5 Å². The van der Waals surface area contributed by atoms with Crippen molar-refractivity contribution < 1.29 is 19.4 Å². The first-order valence-corrected chi connectivity index (χ1v) is 10.6. The van der Waals surface area contributed by atoms with Gasteiger partial charge < -0.3 is 15.2 Å². The molecule has 0 bridgehead atoms. The van der Waals surface area contributed by atoms with Crippen molar-refractivity contribution in [1.82, 2.24) is 10.3 Å². The molecule has 1 amide bonds. The number of carboxylic acids is 1. The Labute approximate surface area is 181 Å². The monoisotopic (exact) mass is 429 g/mol. The molecule has 7 nitrogen and oxygen atoms in total. The first kappa shape index (κ1) is 22.1. The highest BCUT2D eigenvalue weighted by Gasteiger charge is 2.30. The smallest absolute Gasteiger partial charge is 0.326 e. The number of hydrogen-bond donors (Lipinski definition) is 4. The Bertz CT molecular complexity index is 878. The van der Waals surface area contributed by atoms with E-state index in [-0.39, 0.29) is 12.5 Å². The van der Waals surface area contributed by atoms with E-state index in [0.29, 0.717) is 30.9 Å². The predicted octanol–water partition coefficient (Wildman–Crippen LogP) is 2.43. The minimum absolute atomic E-state index is 0.0685. The van der Waals surface area contributed by atoms with Crippen LogP contribution in [0.5, 0.6) is 5.75 Å². The second kappa shape index (κ2) is 10.5. The minimum atomic E-state index is -1.09. The molecular weight excluding hydrogens is 402 g/mol. The maximum Gasteiger partial charge on any atom is 0.326 e. The largest absolute Gasteiger partial charge is 0.492 e. The van der Waals surface area contributed by atoms with E-state index in [9.17, 15) is 14.7 Å². The summed E-state index contributed by atoms with van der Waals surface area (Å²) < 4.78 is 5.82. The topological polar surface area (TPSA) is 105 Å². The third-order valence-electron chi connectivity index (χ3n) is 5.15. The number of hydrogen-bond acceptors (Lipinski definition) is 6. The summed E-state index contributed by atoms with van der Waals surface area (Å²) in [4.78, 5) is 24.7. The highest BCUT2D eigenvalue weighted by Crippen LogP contribution is 2.37. The van der Waals surface area contributed by atoms with Gasteiger partial charge >= 0.3 is 5.97 Å². The zero-order valence-corrected chi connectivity index (χ0v) is 17.6. The Kier molecular flexibility index (Phi) is 7.73. The zero-order chi connectivity index (χ0) is 21.5. The average molecular weight is 430 g/mol. The van der Waals surface area contributed by atoms with Gasteiger partial charge in [-0.3, -0.25) is 10.6 Å². The summed E-state index contributed by atoms with van der Waals surface area (Å²) in [6.07, 6.45) is 1.76. The SMILES string of the molecule is NN(CCCS)[C@H]1CCOc2c(C(=O)N[C@@H](Cc3ccccc3)C(=O)O)cccc21. The Morgan fingerprint density at radius 1 is 1.23 bits per heavy atom. The van der Waals surface area contributed by atoms with Crippen molar-refractivity contribution in [3.05, 3.63) is 65.2 Å². The molecule has 0 aliphatic carbocycles. The lowest BCUT2D eigenvalue weighted by molar-refractivity contribution is -0.139. The third kappa shape index (κ3) is 5.33.